The fourth-order valence-electron chi connectivity index (χ4n) is 20.9. The number of benzene rings is 8. The summed E-state index contributed by atoms with van der Waals surface area (Å²) in [7, 11) is 4.93. The van der Waals surface area contributed by atoms with Crippen LogP contribution in [0.1, 0.15) is 324 Å². The van der Waals surface area contributed by atoms with Crippen molar-refractivity contribution in [1.29, 1.82) is 5.26 Å². The summed E-state index contributed by atoms with van der Waals surface area (Å²) in [6.45, 7) is 16.5. The molecule has 4 aliphatic carbocycles. The van der Waals surface area contributed by atoms with Crippen LogP contribution in [-0.4, -0.2) is 184 Å². The van der Waals surface area contributed by atoms with E-state index >= 15 is 4.39 Å². The Morgan fingerprint density at radius 1 is 0.371 bits per heavy atom. The number of aryl methyl sites for hydroxylation is 5. The van der Waals surface area contributed by atoms with Gasteiger partial charge >= 0.3 is 0 Å². The number of ether oxygens (including phenoxy) is 3. The molecule has 0 bridgehead atoms. The van der Waals surface area contributed by atoms with Gasteiger partial charge in [0.05, 0.1) is 18.2 Å². The number of aromatic nitrogens is 12. The molecule has 8 aliphatic rings. The molecule has 4 aliphatic heterocycles. The Labute approximate surface area is 821 Å². The highest BCUT2D eigenvalue weighted by Gasteiger charge is 2.41. The molecule has 0 unspecified atom stereocenters. The molecule has 0 atom stereocenters. The van der Waals surface area contributed by atoms with Gasteiger partial charge in [-0.1, -0.05) is 116 Å². The van der Waals surface area contributed by atoms with Crippen LogP contribution in [0.5, 0.6) is 0 Å². The minimum Gasteiger partial charge on any atom is -0.384 e. The molecule has 0 spiro atoms. The second kappa shape index (κ2) is 44.5. The lowest BCUT2D eigenvalue weighted by Crippen LogP contribution is -2.43. The van der Waals surface area contributed by atoms with Gasteiger partial charge in [0, 0.05) is 154 Å². The standard InChI is InChI=1S/C29H32FN5O2.2C29H32N4O2.C28H30N4O/c1-19-16-24(21-4-3-5-21)25(27-32-26(33-34-27)10-15-37-2)17-23(19)28(36)35-13-11-29(30,12-14-35)22-8-6-20(18-31)7-9-22;2*1-4-20-8-10-21(11-9-20)22-12-14-33(15-13-22)29(34)24-17-26(28-30-27(18-35-3)31-32-28)25(16-19(24)2)23-6-5-7-23;1-4-20-8-10-21(11-9-20)22-12-14-32(15-13-22)28(33)24-17-26(27-29-19(3)30-31-27)25(16-18(24)2)23-6-5-7-23/h6-9,16-17,21H,3-5,10-15H2,1-2H3,(H,32,33,34);2*1,8-11,16-17,22-23H,5-7,12-15,18H2,2-3H3,(H,30,31,32);1,8-11,16-17,22-23H,5-7,12-15H2,2-3H3,(H,29,30,31). The van der Waals surface area contributed by atoms with Crippen LogP contribution in [0.15, 0.2) is 146 Å². The molecule has 140 heavy (non-hydrogen) atoms. The molecule has 25 heteroatoms. The minimum absolute atomic E-state index is 0.0871. The lowest BCUT2D eigenvalue weighted by atomic mass is 9.77. The highest BCUT2D eigenvalue weighted by molar-refractivity contribution is 6.00. The first-order chi connectivity index (χ1) is 68.1. The number of hydrogen-bond donors (Lipinski definition) is 4. The fourth-order valence-corrected chi connectivity index (χ4v) is 20.9. The van der Waals surface area contributed by atoms with Crippen molar-refractivity contribution in [2.75, 3.05) is 80.3 Å². The highest BCUT2D eigenvalue weighted by atomic mass is 19.1. The summed E-state index contributed by atoms with van der Waals surface area (Å²) in [5.41, 5.74) is 21.9. The third-order valence-electron chi connectivity index (χ3n) is 30.3. The molecule has 8 fully saturated rings. The maximum Gasteiger partial charge on any atom is 0.254 e. The van der Waals surface area contributed by atoms with E-state index in [4.69, 9.17) is 38.7 Å². The Bertz CT molecular complexity index is 6400. The van der Waals surface area contributed by atoms with Crippen molar-refractivity contribution in [3.05, 3.63) is 280 Å². The number of nitrogens with one attached hydrogen (secondary N) is 4. The van der Waals surface area contributed by atoms with Crippen LogP contribution in [0.4, 0.5) is 4.39 Å². The van der Waals surface area contributed by atoms with Crippen LogP contribution >= 0.6 is 0 Å². The quantitative estimate of drug-likeness (QED) is 0.0433. The Hall–Kier alpha value is -13.8. The molecule has 4 saturated heterocycles. The SMILES string of the molecule is C#Cc1ccc(C2CCN(C(=O)c3cc(-c4n[nH]c(C)n4)c(C4CCC4)cc3C)CC2)cc1.C#Cc1ccc(C2CCN(C(=O)c3cc(-c4n[nH]c(COC)n4)c(C4CCC4)cc3C)CC2)cc1.C#Cc1ccc(C2CCN(C(=O)c3cc(-c4n[nH]c(COC)n4)c(C4CCC4)cc3C)CC2)cc1.COCCc1nc(-c2cc(C(=O)N3CCC(F)(c4ccc(C#N)cc4)CC3)c(C)cc2C2CCC2)n[nH]1. The number of carbonyl (C=O) groups is 4. The predicted octanol–water partition coefficient (Wildman–Crippen LogP) is 21.0. The Morgan fingerprint density at radius 3 is 0.929 bits per heavy atom. The lowest BCUT2D eigenvalue weighted by Gasteiger charge is -2.37. The first-order valence-electron chi connectivity index (χ1n) is 49.8. The molecule has 24 nitrogen and oxygen atoms in total. The number of likely N-dealkylation sites (tertiary alicyclic amines) is 4. The first-order valence-corrected chi connectivity index (χ1v) is 49.8. The number of nitrogens with zero attached hydrogens (tertiary/aromatic N) is 13. The van der Waals surface area contributed by atoms with E-state index in [1.165, 1.54) is 103 Å². The monoisotopic (exact) mass is 1880 g/mol. The second-order valence-corrected chi connectivity index (χ2v) is 39.1. The van der Waals surface area contributed by atoms with E-state index < -0.39 is 5.67 Å². The van der Waals surface area contributed by atoms with E-state index in [-0.39, 0.29) is 36.5 Å². The third kappa shape index (κ3) is 22.1. The number of piperidine rings is 4. The molecule has 12 aromatic rings. The summed E-state index contributed by atoms with van der Waals surface area (Å²) < 4.78 is 31.3. The molecule has 0 radical (unpaired) electrons. The Kier molecular flexibility index (Phi) is 31.1. The number of H-pyrrole nitrogens is 4. The number of amides is 4. The largest absolute Gasteiger partial charge is 0.384 e. The molecule has 4 aromatic heterocycles. The average Bonchev–Trinajstić information content (AvgIpc) is 1.22. The van der Waals surface area contributed by atoms with Crippen molar-refractivity contribution in [2.45, 2.75) is 230 Å². The topological polar surface area (TPSA) is 299 Å². The number of nitriles is 1. The summed E-state index contributed by atoms with van der Waals surface area (Å²) in [6.07, 6.45) is 37.6. The van der Waals surface area contributed by atoms with Gasteiger partial charge in [-0.3, -0.25) is 39.6 Å². The molecule has 8 aromatic carbocycles. The molecular weight excluding hydrogens is 1750 g/mol. The van der Waals surface area contributed by atoms with E-state index in [1.807, 2.05) is 103 Å². The normalized spacial score (nSPS) is 16.9. The van der Waals surface area contributed by atoms with E-state index in [1.54, 1.807) is 50.5 Å². The third-order valence-corrected chi connectivity index (χ3v) is 30.3. The number of aromatic amines is 4. The number of carbonyl (C=O) groups excluding carboxylic acids is 4. The Balaban J connectivity index is 0.000000129. The average molecular weight is 1880 g/mol. The van der Waals surface area contributed by atoms with Gasteiger partial charge in [-0.05, 0) is 305 Å². The molecule has 4 N–H and O–H groups in total. The number of methoxy groups -OCH3 is 3. The minimum atomic E-state index is -1.50. The molecule has 4 amide bonds. The van der Waals surface area contributed by atoms with Crippen molar-refractivity contribution < 1.29 is 37.8 Å². The van der Waals surface area contributed by atoms with E-state index in [0.717, 1.165) is 180 Å². The second-order valence-electron chi connectivity index (χ2n) is 39.1. The summed E-state index contributed by atoms with van der Waals surface area (Å²) in [5, 5.41) is 38.7. The zero-order chi connectivity index (χ0) is 97.7. The zero-order valence-electron chi connectivity index (χ0n) is 81.8. The van der Waals surface area contributed by atoms with Crippen molar-refractivity contribution in [3.8, 4) is 88.7 Å². The van der Waals surface area contributed by atoms with E-state index in [2.05, 4.69) is 152 Å². The molecule has 8 heterocycles. The van der Waals surface area contributed by atoms with Crippen molar-refractivity contribution in [2.24, 2.45) is 0 Å². The van der Waals surface area contributed by atoms with Crippen molar-refractivity contribution in [3.63, 3.8) is 0 Å². The van der Waals surface area contributed by atoms with Gasteiger partial charge in [0.25, 0.3) is 23.6 Å². The van der Waals surface area contributed by atoms with Gasteiger partial charge in [0.1, 0.15) is 30.5 Å². The first kappa shape index (κ1) is 97.8. The van der Waals surface area contributed by atoms with Crippen LogP contribution in [-0.2, 0) is 39.5 Å². The van der Waals surface area contributed by atoms with Gasteiger partial charge in [0.15, 0.2) is 34.9 Å². The van der Waals surface area contributed by atoms with Gasteiger partial charge < -0.3 is 33.8 Å². The number of alkyl halides is 1. The Morgan fingerprint density at radius 2 is 0.657 bits per heavy atom. The van der Waals surface area contributed by atoms with Crippen LogP contribution in [0, 0.1) is 83.0 Å². The smallest absolute Gasteiger partial charge is 0.254 e. The van der Waals surface area contributed by atoms with Crippen LogP contribution in [0.2, 0.25) is 0 Å². The summed E-state index contributed by atoms with van der Waals surface area (Å²) >= 11 is 0. The molecule has 20 rings (SSSR count). The summed E-state index contributed by atoms with van der Waals surface area (Å²) in [6, 6.07) is 50.3. The van der Waals surface area contributed by atoms with Crippen LogP contribution in [0.25, 0.3) is 45.6 Å². The van der Waals surface area contributed by atoms with E-state index in [9.17, 15) is 19.2 Å². The van der Waals surface area contributed by atoms with Crippen LogP contribution in [0.3, 0.4) is 0 Å². The molecule has 4 saturated carbocycles. The fraction of sp³-hybridized carbons (Fsp3) is 0.417. The number of hydrogen-bond acceptors (Lipinski definition) is 16. The van der Waals surface area contributed by atoms with Crippen molar-refractivity contribution >= 4 is 23.6 Å². The van der Waals surface area contributed by atoms with E-state index in [0.29, 0.717) is 132 Å². The summed E-state index contributed by atoms with van der Waals surface area (Å²) in [4.78, 5) is 80.8. The van der Waals surface area contributed by atoms with Gasteiger partial charge in [0.2, 0.25) is 0 Å². The maximum absolute atomic E-state index is 15.8. The maximum atomic E-state index is 15.8. The molecule has 720 valence electrons. The highest BCUT2D eigenvalue weighted by Crippen LogP contribution is 2.48. The number of rotatable bonds is 23. The number of terminal acetylenes is 3. The van der Waals surface area contributed by atoms with Gasteiger partial charge in [-0.25, -0.2) is 24.3 Å². The number of halogens is 1. The predicted molar refractivity (Wildman–Crippen MR) is 540 cm³/mol. The lowest BCUT2D eigenvalue weighted by molar-refractivity contribution is 0.0420. The molecular formula is C115H126FN17O7. The van der Waals surface area contributed by atoms with Gasteiger partial charge in [-0.15, -0.1) is 19.3 Å². The van der Waals surface area contributed by atoms with Gasteiger partial charge in [-0.2, -0.15) is 25.7 Å². The van der Waals surface area contributed by atoms with Crippen molar-refractivity contribution in [1.82, 2.24) is 80.3 Å². The summed E-state index contributed by atoms with van der Waals surface area (Å²) in [5.74, 6) is 17.1. The van der Waals surface area contributed by atoms with Crippen LogP contribution < -0.4 is 0 Å². The zero-order valence-corrected chi connectivity index (χ0v) is 81.8.